The Kier molecular flexibility index (Phi) is 5.99. The topological polar surface area (TPSA) is 105 Å². The van der Waals surface area contributed by atoms with Gasteiger partial charge in [-0.15, -0.1) is 0 Å². The van der Waals surface area contributed by atoms with Gasteiger partial charge in [0.1, 0.15) is 11.6 Å². The highest BCUT2D eigenvalue weighted by Crippen LogP contribution is 2.35. The summed E-state index contributed by atoms with van der Waals surface area (Å²) in [5.74, 6) is 0.576. The number of aliphatic hydroxyl groups is 1. The number of hydrogen-bond acceptors (Lipinski definition) is 7. The van der Waals surface area contributed by atoms with Crippen molar-refractivity contribution < 1.29 is 19.0 Å². The Morgan fingerprint density at radius 3 is 2.97 bits per heavy atom. The minimum atomic E-state index is -0.681. The van der Waals surface area contributed by atoms with Crippen molar-refractivity contribution in [1.82, 2.24) is 24.9 Å². The van der Waals surface area contributed by atoms with Crippen LogP contribution in [0, 0.1) is 11.7 Å². The van der Waals surface area contributed by atoms with E-state index in [0.29, 0.717) is 11.5 Å². The molecule has 4 rings (SSSR count). The van der Waals surface area contributed by atoms with Gasteiger partial charge in [-0.2, -0.15) is 5.10 Å². The van der Waals surface area contributed by atoms with Crippen molar-refractivity contribution in [2.45, 2.75) is 38.8 Å². The Balaban J connectivity index is 1.57. The van der Waals surface area contributed by atoms with E-state index in [1.807, 2.05) is 19.9 Å². The maximum atomic E-state index is 13.7. The summed E-state index contributed by atoms with van der Waals surface area (Å²) in [7, 11) is 0. The summed E-state index contributed by atoms with van der Waals surface area (Å²) in [6, 6.07) is 2.88. The van der Waals surface area contributed by atoms with Crippen LogP contribution in [0.2, 0.25) is 0 Å². The van der Waals surface area contributed by atoms with Crippen molar-refractivity contribution in [3.63, 3.8) is 0 Å². The summed E-state index contributed by atoms with van der Waals surface area (Å²) in [5.41, 5.74) is 1.19. The average Bonchev–Trinajstić information content (AvgIpc) is 3.39. The molecule has 0 aliphatic carbocycles. The van der Waals surface area contributed by atoms with Crippen LogP contribution in [-0.2, 0) is 0 Å². The number of ether oxygens (including phenoxy) is 1. The number of nitrogens with zero attached hydrogens (tertiary/aromatic N) is 5. The van der Waals surface area contributed by atoms with Crippen molar-refractivity contribution in [2.24, 2.45) is 5.92 Å². The molecule has 3 aromatic heterocycles. The van der Waals surface area contributed by atoms with Crippen LogP contribution in [0.1, 0.15) is 38.3 Å². The first-order valence-electron chi connectivity index (χ1n) is 10.3. The second-order valence-corrected chi connectivity index (χ2v) is 7.92. The van der Waals surface area contributed by atoms with E-state index < -0.39 is 12.1 Å². The average molecular weight is 428 g/mol. The molecule has 10 heteroatoms. The lowest BCUT2D eigenvalue weighted by Crippen LogP contribution is -2.42. The molecule has 3 aromatic rings. The monoisotopic (exact) mass is 428 g/mol. The third-order valence-corrected chi connectivity index (χ3v) is 5.49. The van der Waals surface area contributed by atoms with Gasteiger partial charge < -0.3 is 20.1 Å². The van der Waals surface area contributed by atoms with Crippen molar-refractivity contribution in [3.05, 3.63) is 48.3 Å². The normalized spacial score (nSPS) is 17.3. The Morgan fingerprint density at radius 2 is 2.23 bits per heavy atom. The van der Waals surface area contributed by atoms with E-state index in [0.717, 1.165) is 24.9 Å². The van der Waals surface area contributed by atoms with Crippen molar-refractivity contribution in [1.29, 1.82) is 0 Å². The Bertz CT molecular complexity index is 1070. The van der Waals surface area contributed by atoms with Gasteiger partial charge in [-0.3, -0.25) is 4.98 Å². The van der Waals surface area contributed by atoms with Crippen LogP contribution in [0.3, 0.4) is 0 Å². The smallest absolute Gasteiger partial charge is 0.405 e. The van der Waals surface area contributed by atoms with Gasteiger partial charge in [0, 0.05) is 18.9 Å². The molecule has 164 valence electrons. The van der Waals surface area contributed by atoms with E-state index in [9.17, 15) is 14.3 Å². The zero-order valence-electron chi connectivity index (χ0n) is 17.4. The lowest BCUT2D eigenvalue weighted by molar-refractivity contribution is 0.171. The number of nitrogens with one attached hydrogen (secondary N) is 1. The summed E-state index contributed by atoms with van der Waals surface area (Å²) in [5, 5.41) is 16.2. The van der Waals surface area contributed by atoms with E-state index in [2.05, 4.69) is 25.3 Å². The number of aliphatic hydroxyl groups excluding tert-OH is 1. The van der Waals surface area contributed by atoms with Crippen LogP contribution in [0.25, 0.3) is 5.65 Å². The number of pyridine rings is 1. The number of rotatable bonds is 6. The van der Waals surface area contributed by atoms with Crippen molar-refractivity contribution >= 4 is 17.6 Å². The highest BCUT2D eigenvalue weighted by atomic mass is 19.1. The maximum absolute atomic E-state index is 13.7. The van der Waals surface area contributed by atoms with Gasteiger partial charge in [-0.25, -0.2) is 18.7 Å². The number of carbonyl (C=O) groups is 1. The number of amides is 1. The summed E-state index contributed by atoms with van der Waals surface area (Å²) in [6.45, 7) is 4.37. The largest absolute Gasteiger partial charge is 0.413 e. The predicted molar refractivity (Wildman–Crippen MR) is 111 cm³/mol. The highest BCUT2D eigenvalue weighted by Gasteiger charge is 2.28. The number of carbonyl (C=O) groups excluding carboxylic acids is 1. The fourth-order valence-electron chi connectivity index (χ4n) is 3.77. The second kappa shape index (κ2) is 8.84. The molecular weight excluding hydrogens is 403 g/mol. The summed E-state index contributed by atoms with van der Waals surface area (Å²) in [4.78, 5) is 23.0. The molecule has 0 radical (unpaired) electrons. The van der Waals surface area contributed by atoms with Crippen LogP contribution >= 0.6 is 0 Å². The zero-order valence-corrected chi connectivity index (χ0v) is 17.4. The Hall–Kier alpha value is -3.27. The summed E-state index contributed by atoms with van der Waals surface area (Å²) < 4.78 is 20.6. The predicted octanol–water partition coefficient (Wildman–Crippen LogP) is 2.71. The standard InChI is InChI=1S/C21H25FN6O3/c1-13(2)16(12-29)25-21(30)31-18-11-24-28-7-5-19(26-20(18)28)27-6-3-4-17(27)14-8-15(22)10-23-9-14/h5,7-11,13,16-17,29H,3-4,6,12H2,1-2H3,(H,25,30)/t16-,17-/m1/s1. The van der Waals surface area contributed by atoms with Crippen molar-refractivity contribution in [3.8, 4) is 5.75 Å². The molecule has 1 amide bonds. The number of hydrogen-bond donors (Lipinski definition) is 2. The van der Waals surface area contributed by atoms with Gasteiger partial charge in [-0.05, 0) is 36.5 Å². The molecule has 31 heavy (non-hydrogen) atoms. The van der Waals surface area contributed by atoms with E-state index in [1.165, 1.54) is 23.0 Å². The van der Waals surface area contributed by atoms with Gasteiger partial charge in [0.15, 0.2) is 5.75 Å². The number of aromatic nitrogens is 4. The number of halogens is 1. The number of anilines is 1. The molecule has 1 saturated heterocycles. The number of fused-ring (bicyclic) bond motifs is 1. The third kappa shape index (κ3) is 4.43. The van der Waals surface area contributed by atoms with E-state index in [1.54, 1.807) is 12.4 Å². The molecule has 2 atom stereocenters. The van der Waals surface area contributed by atoms with Crippen LogP contribution in [0.4, 0.5) is 15.0 Å². The molecule has 1 aliphatic heterocycles. The van der Waals surface area contributed by atoms with Crippen LogP contribution in [-0.4, -0.2) is 50.0 Å². The third-order valence-electron chi connectivity index (χ3n) is 5.49. The van der Waals surface area contributed by atoms with Gasteiger partial charge in [-0.1, -0.05) is 13.8 Å². The van der Waals surface area contributed by atoms with E-state index >= 15 is 0 Å². The molecular formula is C21H25FN6O3. The van der Waals surface area contributed by atoms with Crippen LogP contribution in [0.5, 0.6) is 5.75 Å². The molecule has 1 aliphatic rings. The second-order valence-electron chi connectivity index (χ2n) is 7.92. The molecule has 0 unspecified atom stereocenters. The zero-order chi connectivity index (χ0) is 22.0. The fourth-order valence-corrected chi connectivity index (χ4v) is 3.77. The van der Waals surface area contributed by atoms with Gasteiger partial charge in [0.05, 0.1) is 31.1 Å². The molecule has 0 bridgehead atoms. The fraction of sp³-hybridized carbons (Fsp3) is 0.429. The minimum absolute atomic E-state index is 0.0370. The molecule has 0 spiro atoms. The maximum Gasteiger partial charge on any atom is 0.413 e. The first-order valence-corrected chi connectivity index (χ1v) is 10.3. The first-order chi connectivity index (χ1) is 15.0. The lowest BCUT2D eigenvalue weighted by atomic mass is 10.1. The molecule has 2 N–H and O–H groups in total. The van der Waals surface area contributed by atoms with Gasteiger partial charge in [0.2, 0.25) is 5.65 Å². The van der Waals surface area contributed by atoms with Gasteiger partial charge >= 0.3 is 6.09 Å². The molecule has 9 nitrogen and oxygen atoms in total. The molecule has 4 heterocycles. The highest BCUT2D eigenvalue weighted by molar-refractivity contribution is 5.73. The Morgan fingerprint density at radius 1 is 1.39 bits per heavy atom. The first kappa shape index (κ1) is 21.0. The minimum Gasteiger partial charge on any atom is -0.405 e. The quantitative estimate of drug-likeness (QED) is 0.622. The van der Waals surface area contributed by atoms with E-state index in [4.69, 9.17) is 4.74 Å². The van der Waals surface area contributed by atoms with Crippen molar-refractivity contribution in [2.75, 3.05) is 18.1 Å². The molecule has 0 saturated carbocycles. The van der Waals surface area contributed by atoms with E-state index in [-0.39, 0.29) is 30.1 Å². The van der Waals surface area contributed by atoms with Crippen LogP contribution in [0.15, 0.2) is 36.9 Å². The SMILES string of the molecule is CC(C)[C@@H](CO)NC(=O)Oc1cnn2ccc(N3CCC[C@@H]3c3cncc(F)c3)nc12. The lowest BCUT2D eigenvalue weighted by Gasteiger charge is -2.26. The summed E-state index contributed by atoms with van der Waals surface area (Å²) in [6.07, 6.45) is 7.15. The summed E-state index contributed by atoms with van der Waals surface area (Å²) >= 11 is 0. The Labute approximate surface area is 178 Å². The molecule has 1 fully saturated rings. The van der Waals surface area contributed by atoms with Gasteiger partial charge in [0.25, 0.3) is 0 Å². The molecule has 0 aromatic carbocycles. The van der Waals surface area contributed by atoms with Crippen LogP contribution < -0.4 is 15.0 Å².